The number of hydrogen-bond acceptors (Lipinski definition) is 5. The van der Waals surface area contributed by atoms with E-state index in [9.17, 15) is 9.59 Å². The van der Waals surface area contributed by atoms with Crippen LogP contribution in [0, 0.1) is 11.3 Å². The highest BCUT2D eigenvalue weighted by atomic mass is 32.2. The van der Waals surface area contributed by atoms with Gasteiger partial charge in [-0.3, -0.25) is 4.79 Å². The molecule has 16 heavy (non-hydrogen) atoms. The molecule has 1 unspecified atom stereocenters. The molecular formula is C9H15N3O3S. The van der Waals surface area contributed by atoms with Crippen molar-refractivity contribution in [2.45, 2.75) is 11.7 Å². The standard InChI is InChI=1S/C9H15N3O3S/c1-15-9(14)12-6-7(16-2)8(13)11-5-3-4-10/h7H,3,5-6H2,1-2H3,(H,11,13)(H,12,14). The Morgan fingerprint density at radius 2 is 2.19 bits per heavy atom. The molecule has 0 aliphatic carbocycles. The summed E-state index contributed by atoms with van der Waals surface area (Å²) in [6.07, 6.45) is 1.48. The second-order valence-corrected chi connectivity index (χ2v) is 3.84. The van der Waals surface area contributed by atoms with E-state index in [0.29, 0.717) is 6.54 Å². The lowest BCUT2D eigenvalue weighted by molar-refractivity contribution is -0.120. The molecule has 0 radical (unpaired) electrons. The normalized spacial score (nSPS) is 11.1. The number of nitriles is 1. The fraction of sp³-hybridized carbons (Fsp3) is 0.667. The van der Waals surface area contributed by atoms with E-state index in [1.165, 1.54) is 18.9 Å². The van der Waals surface area contributed by atoms with Crippen molar-refractivity contribution in [2.75, 3.05) is 26.5 Å². The van der Waals surface area contributed by atoms with Crippen molar-refractivity contribution in [1.82, 2.24) is 10.6 Å². The minimum Gasteiger partial charge on any atom is -0.453 e. The number of thioether (sulfide) groups is 1. The predicted octanol–water partition coefficient (Wildman–Crippen LogP) is 0.104. The Morgan fingerprint density at radius 3 is 2.69 bits per heavy atom. The maximum atomic E-state index is 11.5. The van der Waals surface area contributed by atoms with E-state index in [4.69, 9.17) is 5.26 Å². The Morgan fingerprint density at radius 1 is 1.50 bits per heavy atom. The maximum Gasteiger partial charge on any atom is 0.406 e. The monoisotopic (exact) mass is 245 g/mol. The van der Waals surface area contributed by atoms with E-state index in [1.54, 1.807) is 6.26 Å². The molecule has 0 aromatic carbocycles. The summed E-state index contributed by atoms with van der Waals surface area (Å²) in [5, 5.41) is 13.0. The van der Waals surface area contributed by atoms with E-state index in [2.05, 4.69) is 15.4 Å². The maximum absolute atomic E-state index is 11.5. The van der Waals surface area contributed by atoms with Gasteiger partial charge in [0.05, 0.1) is 19.6 Å². The number of alkyl carbamates (subject to hydrolysis) is 1. The van der Waals surface area contributed by atoms with Crippen molar-refractivity contribution < 1.29 is 14.3 Å². The van der Waals surface area contributed by atoms with Crippen LogP contribution in [-0.4, -0.2) is 43.7 Å². The molecule has 7 heteroatoms. The van der Waals surface area contributed by atoms with Gasteiger partial charge in [-0.15, -0.1) is 0 Å². The summed E-state index contributed by atoms with van der Waals surface area (Å²) in [5.74, 6) is -0.195. The molecule has 0 heterocycles. The Kier molecular flexibility index (Phi) is 8.07. The first-order valence-corrected chi connectivity index (χ1v) is 5.93. The molecule has 0 fully saturated rings. The molecule has 2 N–H and O–H groups in total. The first kappa shape index (κ1) is 14.6. The number of carbonyl (C=O) groups excluding carboxylic acids is 2. The third kappa shape index (κ3) is 6.14. The number of rotatable bonds is 6. The van der Waals surface area contributed by atoms with Crippen molar-refractivity contribution in [2.24, 2.45) is 0 Å². The Balaban J connectivity index is 3.93. The van der Waals surface area contributed by atoms with Crippen LogP contribution in [0.25, 0.3) is 0 Å². The smallest absolute Gasteiger partial charge is 0.406 e. The SMILES string of the molecule is COC(=O)NCC(SC)C(=O)NCCC#N. The Labute approximate surface area is 98.7 Å². The minimum atomic E-state index is -0.566. The molecule has 0 aromatic rings. The van der Waals surface area contributed by atoms with E-state index in [1.807, 2.05) is 6.07 Å². The van der Waals surface area contributed by atoms with Crippen molar-refractivity contribution in [3.05, 3.63) is 0 Å². The zero-order valence-electron chi connectivity index (χ0n) is 9.28. The molecule has 0 saturated heterocycles. The summed E-state index contributed by atoms with van der Waals surface area (Å²) in [4.78, 5) is 22.3. The van der Waals surface area contributed by atoms with Gasteiger partial charge in [-0.1, -0.05) is 0 Å². The van der Waals surface area contributed by atoms with Gasteiger partial charge in [0.2, 0.25) is 5.91 Å². The van der Waals surface area contributed by atoms with Gasteiger partial charge in [-0.25, -0.2) is 4.79 Å². The Bertz CT molecular complexity index is 278. The van der Waals surface area contributed by atoms with Gasteiger partial charge < -0.3 is 15.4 Å². The zero-order valence-corrected chi connectivity index (χ0v) is 10.1. The topological polar surface area (TPSA) is 91.2 Å². The highest BCUT2D eigenvalue weighted by Gasteiger charge is 2.17. The zero-order chi connectivity index (χ0) is 12.4. The number of nitrogens with zero attached hydrogens (tertiary/aromatic N) is 1. The summed E-state index contributed by atoms with van der Waals surface area (Å²) >= 11 is 1.32. The molecule has 90 valence electrons. The number of hydrogen-bond donors (Lipinski definition) is 2. The predicted molar refractivity (Wildman–Crippen MR) is 61.0 cm³/mol. The number of amides is 2. The summed E-state index contributed by atoms with van der Waals surface area (Å²) in [6.45, 7) is 0.525. The lowest BCUT2D eigenvalue weighted by Gasteiger charge is -2.14. The second-order valence-electron chi connectivity index (χ2n) is 2.80. The third-order valence-electron chi connectivity index (χ3n) is 1.73. The first-order valence-electron chi connectivity index (χ1n) is 4.65. The molecule has 0 rings (SSSR count). The van der Waals surface area contributed by atoms with Crippen molar-refractivity contribution in [1.29, 1.82) is 5.26 Å². The van der Waals surface area contributed by atoms with E-state index in [0.717, 1.165) is 0 Å². The molecule has 0 saturated carbocycles. The number of carbonyl (C=O) groups is 2. The van der Waals surface area contributed by atoms with Crippen molar-refractivity contribution in [3.63, 3.8) is 0 Å². The summed E-state index contributed by atoms with van der Waals surface area (Å²) < 4.78 is 4.39. The van der Waals surface area contributed by atoms with E-state index >= 15 is 0 Å². The van der Waals surface area contributed by atoms with Gasteiger partial charge in [0.15, 0.2) is 0 Å². The molecular weight excluding hydrogens is 230 g/mol. The van der Waals surface area contributed by atoms with Crippen LogP contribution in [0.4, 0.5) is 4.79 Å². The molecule has 0 aliphatic heterocycles. The molecule has 6 nitrogen and oxygen atoms in total. The van der Waals surface area contributed by atoms with Gasteiger partial charge in [0.25, 0.3) is 0 Å². The van der Waals surface area contributed by atoms with Crippen LogP contribution in [-0.2, 0) is 9.53 Å². The number of methoxy groups -OCH3 is 1. The highest BCUT2D eigenvalue weighted by molar-refractivity contribution is 7.99. The third-order valence-corrected chi connectivity index (χ3v) is 2.68. The van der Waals surface area contributed by atoms with Crippen molar-refractivity contribution >= 4 is 23.8 Å². The van der Waals surface area contributed by atoms with E-state index < -0.39 is 6.09 Å². The molecule has 0 aromatic heterocycles. The van der Waals surface area contributed by atoms with Gasteiger partial charge >= 0.3 is 6.09 Å². The minimum absolute atomic E-state index is 0.195. The summed E-state index contributed by atoms with van der Waals surface area (Å²) in [5.41, 5.74) is 0. The molecule has 0 bridgehead atoms. The van der Waals surface area contributed by atoms with Gasteiger partial charge in [-0.2, -0.15) is 17.0 Å². The lowest BCUT2D eigenvalue weighted by atomic mass is 10.3. The Hall–Kier alpha value is -1.42. The first-order chi connectivity index (χ1) is 7.65. The average Bonchev–Trinajstić information content (AvgIpc) is 2.29. The van der Waals surface area contributed by atoms with Crippen LogP contribution < -0.4 is 10.6 Å². The van der Waals surface area contributed by atoms with Crippen molar-refractivity contribution in [3.8, 4) is 6.07 Å². The van der Waals surface area contributed by atoms with Crippen LogP contribution >= 0.6 is 11.8 Å². The van der Waals surface area contributed by atoms with Gasteiger partial charge in [0, 0.05) is 13.1 Å². The fourth-order valence-corrected chi connectivity index (χ4v) is 1.43. The average molecular weight is 245 g/mol. The second kappa shape index (κ2) is 8.85. The van der Waals surface area contributed by atoms with E-state index in [-0.39, 0.29) is 24.1 Å². The van der Waals surface area contributed by atoms with Gasteiger partial charge in [-0.05, 0) is 6.26 Å². The fourth-order valence-electron chi connectivity index (χ4n) is 0.887. The molecule has 1 atom stereocenters. The molecule has 0 spiro atoms. The van der Waals surface area contributed by atoms with Crippen LogP contribution in [0.1, 0.15) is 6.42 Å². The van der Waals surface area contributed by atoms with Crippen LogP contribution in [0.3, 0.4) is 0 Å². The van der Waals surface area contributed by atoms with Crippen LogP contribution in [0.2, 0.25) is 0 Å². The molecule has 2 amide bonds. The highest BCUT2D eigenvalue weighted by Crippen LogP contribution is 2.05. The summed E-state index contributed by atoms with van der Waals surface area (Å²) in [6, 6.07) is 1.93. The van der Waals surface area contributed by atoms with Gasteiger partial charge in [0.1, 0.15) is 5.25 Å². The number of nitrogens with one attached hydrogen (secondary N) is 2. The summed E-state index contributed by atoms with van der Waals surface area (Å²) in [7, 11) is 1.26. The largest absolute Gasteiger partial charge is 0.453 e. The van der Waals surface area contributed by atoms with Crippen LogP contribution in [0.5, 0.6) is 0 Å². The van der Waals surface area contributed by atoms with Crippen LogP contribution in [0.15, 0.2) is 0 Å². The number of ether oxygens (including phenoxy) is 1. The lowest BCUT2D eigenvalue weighted by Crippen LogP contribution is -2.41. The molecule has 0 aliphatic rings. The quantitative estimate of drug-likeness (QED) is 0.648.